The number of aromatic nitrogens is 2. The lowest BCUT2D eigenvalue weighted by atomic mass is 10.2. The van der Waals surface area contributed by atoms with E-state index in [9.17, 15) is 14.4 Å². The molecule has 0 aliphatic heterocycles. The molecule has 0 saturated carbocycles. The van der Waals surface area contributed by atoms with Gasteiger partial charge in [-0.15, -0.1) is 0 Å². The number of carbonyl (C=O) groups excluding carboxylic acids is 2. The van der Waals surface area contributed by atoms with Crippen molar-refractivity contribution in [2.24, 2.45) is 7.05 Å². The molecule has 8 nitrogen and oxygen atoms in total. The van der Waals surface area contributed by atoms with E-state index in [1.54, 1.807) is 55.1 Å². The van der Waals surface area contributed by atoms with E-state index in [0.717, 1.165) is 0 Å². The zero-order chi connectivity index (χ0) is 21.8. The molecule has 0 aliphatic rings. The van der Waals surface area contributed by atoms with E-state index in [4.69, 9.17) is 9.47 Å². The van der Waals surface area contributed by atoms with Gasteiger partial charge >= 0.3 is 5.97 Å². The molecule has 30 heavy (non-hydrogen) atoms. The molecule has 3 rings (SSSR count). The zero-order valence-corrected chi connectivity index (χ0v) is 17.2. The number of para-hydroxylation sites is 2. The van der Waals surface area contributed by atoms with Crippen LogP contribution >= 0.6 is 0 Å². The first-order valence-electron chi connectivity index (χ1n) is 9.34. The van der Waals surface area contributed by atoms with Gasteiger partial charge in [0.25, 0.3) is 11.5 Å². The topological polar surface area (TPSA) is 91.6 Å². The molecule has 1 atom stereocenters. The van der Waals surface area contributed by atoms with Gasteiger partial charge in [-0.1, -0.05) is 30.3 Å². The summed E-state index contributed by atoms with van der Waals surface area (Å²) < 4.78 is 13.5. The van der Waals surface area contributed by atoms with E-state index in [1.165, 1.54) is 18.7 Å². The molecule has 8 heteroatoms. The summed E-state index contributed by atoms with van der Waals surface area (Å²) in [6.45, 7) is 3.17. The van der Waals surface area contributed by atoms with Crippen LogP contribution in [0, 0.1) is 6.92 Å². The average Bonchev–Trinajstić information content (AvgIpc) is 2.97. The Morgan fingerprint density at radius 2 is 1.67 bits per heavy atom. The highest BCUT2D eigenvalue weighted by molar-refractivity contribution is 5.98. The van der Waals surface area contributed by atoms with Crippen LogP contribution < -0.4 is 15.6 Å². The minimum Gasteiger partial charge on any atom is -0.496 e. The second-order valence-electron chi connectivity index (χ2n) is 6.67. The summed E-state index contributed by atoms with van der Waals surface area (Å²) in [5.41, 5.74) is 1.20. The molecule has 0 saturated heterocycles. The molecule has 0 unspecified atom stereocenters. The van der Waals surface area contributed by atoms with Gasteiger partial charge in [0, 0.05) is 7.05 Å². The summed E-state index contributed by atoms with van der Waals surface area (Å²) in [6, 6.07) is 15.7. The van der Waals surface area contributed by atoms with Gasteiger partial charge in [-0.05, 0) is 38.1 Å². The third kappa shape index (κ3) is 3.98. The normalized spacial score (nSPS) is 11.6. The van der Waals surface area contributed by atoms with Gasteiger partial charge in [0.1, 0.15) is 17.0 Å². The maximum absolute atomic E-state index is 12.9. The second kappa shape index (κ2) is 8.69. The molecule has 0 spiro atoms. The van der Waals surface area contributed by atoms with Gasteiger partial charge < -0.3 is 14.8 Å². The van der Waals surface area contributed by atoms with Gasteiger partial charge in [0.05, 0.1) is 18.5 Å². The summed E-state index contributed by atoms with van der Waals surface area (Å²) in [5, 5.41) is 2.59. The minimum atomic E-state index is -1.12. The number of benzene rings is 2. The Morgan fingerprint density at radius 1 is 1.03 bits per heavy atom. The Labute approximate surface area is 173 Å². The predicted octanol–water partition coefficient (Wildman–Crippen LogP) is 2.68. The molecule has 0 radical (unpaired) electrons. The van der Waals surface area contributed by atoms with Crippen LogP contribution in [-0.4, -0.2) is 34.5 Å². The van der Waals surface area contributed by atoms with Gasteiger partial charge in [0.15, 0.2) is 6.10 Å². The average molecular weight is 409 g/mol. The van der Waals surface area contributed by atoms with Crippen molar-refractivity contribution in [1.29, 1.82) is 0 Å². The largest absolute Gasteiger partial charge is 0.496 e. The molecular weight excluding hydrogens is 386 g/mol. The van der Waals surface area contributed by atoms with Crippen molar-refractivity contribution in [3.05, 3.63) is 76.2 Å². The molecular formula is C22H23N3O5. The first kappa shape index (κ1) is 20.9. The molecule has 1 heterocycles. The Bertz CT molecular complexity index is 1130. The van der Waals surface area contributed by atoms with Crippen molar-refractivity contribution in [3.63, 3.8) is 0 Å². The van der Waals surface area contributed by atoms with Crippen molar-refractivity contribution in [1.82, 2.24) is 9.36 Å². The Hall–Kier alpha value is -3.81. The summed E-state index contributed by atoms with van der Waals surface area (Å²) in [4.78, 5) is 37.9. The minimum absolute atomic E-state index is 0.131. The highest BCUT2D eigenvalue weighted by Gasteiger charge is 2.24. The van der Waals surface area contributed by atoms with E-state index in [2.05, 4.69) is 5.32 Å². The van der Waals surface area contributed by atoms with Crippen LogP contribution in [0.4, 0.5) is 5.69 Å². The number of anilines is 1. The fourth-order valence-corrected chi connectivity index (χ4v) is 3.03. The number of amides is 1. The van der Waals surface area contributed by atoms with Crippen LogP contribution in [0.25, 0.3) is 5.69 Å². The molecule has 156 valence electrons. The van der Waals surface area contributed by atoms with Gasteiger partial charge in [-0.2, -0.15) is 0 Å². The summed E-state index contributed by atoms with van der Waals surface area (Å²) in [7, 11) is 3.17. The van der Waals surface area contributed by atoms with Crippen molar-refractivity contribution in [2.75, 3.05) is 12.4 Å². The molecule has 0 aliphatic carbocycles. The Morgan fingerprint density at radius 3 is 2.33 bits per heavy atom. The van der Waals surface area contributed by atoms with Crippen LogP contribution in [0.5, 0.6) is 5.75 Å². The number of ether oxygens (including phenoxy) is 2. The van der Waals surface area contributed by atoms with Gasteiger partial charge in [0.2, 0.25) is 0 Å². The zero-order valence-electron chi connectivity index (χ0n) is 17.2. The SMILES string of the molecule is COc1ccccc1C(=O)O[C@H](C)C(=O)Nc1c(C)n(C)n(-c2ccccc2)c1=O. The highest BCUT2D eigenvalue weighted by atomic mass is 16.5. The van der Waals surface area contributed by atoms with Crippen molar-refractivity contribution in [2.45, 2.75) is 20.0 Å². The van der Waals surface area contributed by atoms with Gasteiger partial charge in [-0.25, -0.2) is 9.48 Å². The molecule has 2 aromatic carbocycles. The number of hydrogen-bond acceptors (Lipinski definition) is 5. The van der Waals surface area contributed by atoms with Crippen LogP contribution in [0.15, 0.2) is 59.4 Å². The monoisotopic (exact) mass is 409 g/mol. The van der Waals surface area contributed by atoms with E-state index >= 15 is 0 Å². The number of rotatable bonds is 6. The van der Waals surface area contributed by atoms with E-state index in [0.29, 0.717) is 17.1 Å². The summed E-state index contributed by atoms with van der Waals surface area (Å²) >= 11 is 0. The van der Waals surface area contributed by atoms with E-state index in [1.807, 2.05) is 18.2 Å². The van der Waals surface area contributed by atoms with Crippen LogP contribution in [0.2, 0.25) is 0 Å². The number of methoxy groups -OCH3 is 1. The molecule has 1 amide bonds. The summed E-state index contributed by atoms with van der Waals surface area (Å²) in [6.07, 6.45) is -1.12. The molecule has 0 fully saturated rings. The van der Waals surface area contributed by atoms with Gasteiger partial charge in [-0.3, -0.25) is 14.3 Å². The third-order valence-electron chi connectivity index (χ3n) is 4.78. The van der Waals surface area contributed by atoms with Crippen molar-refractivity contribution >= 4 is 17.6 Å². The summed E-state index contributed by atoms with van der Waals surface area (Å²) in [5.74, 6) is -0.953. The van der Waals surface area contributed by atoms with Crippen LogP contribution in [0.1, 0.15) is 23.0 Å². The number of nitrogens with zero attached hydrogens (tertiary/aromatic N) is 2. The number of esters is 1. The maximum atomic E-state index is 12.9. The highest BCUT2D eigenvalue weighted by Crippen LogP contribution is 2.19. The predicted molar refractivity (Wildman–Crippen MR) is 112 cm³/mol. The maximum Gasteiger partial charge on any atom is 0.342 e. The molecule has 1 aromatic heterocycles. The quantitative estimate of drug-likeness (QED) is 0.632. The number of nitrogens with one attached hydrogen (secondary N) is 1. The van der Waals surface area contributed by atoms with Crippen molar-refractivity contribution < 1.29 is 19.1 Å². The first-order chi connectivity index (χ1) is 14.3. The lowest BCUT2D eigenvalue weighted by molar-refractivity contribution is -0.123. The smallest absolute Gasteiger partial charge is 0.342 e. The standard InChI is InChI=1S/C22H23N3O5/c1-14-19(21(27)25(24(14)3)16-10-6-5-7-11-16)23-20(26)15(2)30-22(28)17-12-8-9-13-18(17)29-4/h5-13,15H,1-4H3,(H,23,26)/t15-/m1/s1. The van der Waals surface area contributed by atoms with Crippen LogP contribution in [-0.2, 0) is 16.6 Å². The van der Waals surface area contributed by atoms with Crippen LogP contribution in [0.3, 0.4) is 0 Å². The fraction of sp³-hybridized carbons (Fsp3) is 0.227. The molecule has 0 bridgehead atoms. The number of hydrogen-bond donors (Lipinski definition) is 1. The van der Waals surface area contributed by atoms with Crippen molar-refractivity contribution in [3.8, 4) is 11.4 Å². The molecule has 1 N–H and O–H groups in total. The lowest BCUT2D eigenvalue weighted by Gasteiger charge is -2.14. The number of carbonyl (C=O) groups is 2. The third-order valence-corrected chi connectivity index (χ3v) is 4.78. The second-order valence-corrected chi connectivity index (χ2v) is 6.67. The Balaban J connectivity index is 1.79. The first-order valence-corrected chi connectivity index (χ1v) is 9.34. The fourth-order valence-electron chi connectivity index (χ4n) is 3.03. The molecule has 3 aromatic rings. The lowest BCUT2D eigenvalue weighted by Crippen LogP contribution is -2.32. The Kier molecular flexibility index (Phi) is 6.06. The van der Waals surface area contributed by atoms with E-state index < -0.39 is 18.0 Å². The van der Waals surface area contributed by atoms with E-state index in [-0.39, 0.29) is 16.8 Å².